The van der Waals surface area contributed by atoms with Gasteiger partial charge in [-0.2, -0.15) is 0 Å². The third kappa shape index (κ3) is 5.46. The number of carbonyl (C=O) groups is 3. The quantitative estimate of drug-likeness (QED) is 0.279. The Balaban J connectivity index is 1.61. The maximum atomic E-state index is 13.1. The second-order valence-electron chi connectivity index (χ2n) is 7.64. The number of ether oxygens (including phenoxy) is 1. The monoisotopic (exact) mass is 548 g/mol. The fourth-order valence-corrected chi connectivity index (χ4v) is 4.23. The predicted molar refractivity (Wildman–Crippen MR) is 137 cm³/mol. The van der Waals surface area contributed by atoms with Crippen molar-refractivity contribution in [2.75, 3.05) is 4.90 Å². The Morgan fingerprint density at radius 2 is 1.51 bits per heavy atom. The lowest BCUT2D eigenvalue weighted by atomic mass is 10.1. The van der Waals surface area contributed by atoms with E-state index < -0.39 is 17.8 Å². The topological polar surface area (TPSA) is 75.7 Å². The molecule has 1 aliphatic heterocycles. The number of nitrogens with zero attached hydrogens (tertiary/aromatic N) is 1. The number of imide groups is 2. The molecular formula is C25H16Cl4N2O4. The number of halogens is 4. The Morgan fingerprint density at radius 1 is 0.857 bits per heavy atom. The average molecular weight is 550 g/mol. The normalized spacial score (nSPS) is 14.9. The number of anilines is 1. The number of carbonyl (C=O) groups excluding carboxylic acids is 3. The second-order valence-corrected chi connectivity index (χ2v) is 9.27. The van der Waals surface area contributed by atoms with Crippen molar-refractivity contribution in [3.8, 4) is 5.75 Å². The molecule has 3 aromatic rings. The van der Waals surface area contributed by atoms with Gasteiger partial charge in [0.25, 0.3) is 11.8 Å². The van der Waals surface area contributed by atoms with Crippen LogP contribution in [0.25, 0.3) is 6.08 Å². The van der Waals surface area contributed by atoms with Gasteiger partial charge in [0.1, 0.15) is 12.2 Å². The molecule has 10 heteroatoms. The fourth-order valence-electron chi connectivity index (χ4n) is 3.32. The van der Waals surface area contributed by atoms with E-state index in [0.717, 1.165) is 16.0 Å². The van der Waals surface area contributed by atoms with Crippen LogP contribution in [0.3, 0.4) is 0 Å². The molecule has 1 N–H and O–H groups in total. The molecule has 178 valence electrons. The minimum absolute atomic E-state index is 0.145. The van der Waals surface area contributed by atoms with E-state index in [9.17, 15) is 14.4 Å². The molecule has 0 aliphatic carbocycles. The molecule has 1 heterocycles. The third-order valence-corrected chi connectivity index (χ3v) is 6.40. The predicted octanol–water partition coefficient (Wildman–Crippen LogP) is 6.85. The average Bonchev–Trinajstić information content (AvgIpc) is 2.79. The first-order chi connectivity index (χ1) is 16.6. The molecule has 4 rings (SSSR count). The molecule has 0 aromatic heterocycles. The summed E-state index contributed by atoms with van der Waals surface area (Å²) >= 11 is 24.7. The minimum Gasteiger partial charge on any atom is -0.486 e. The van der Waals surface area contributed by atoms with E-state index in [1.807, 2.05) is 31.2 Å². The standard InChI is InChI=1S/C25H16Cl4N2O4/c1-13-2-4-14(5-3-13)12-35-22-20(28)9-15(10-21(22)29)8-17-23(32)30-25(34)31(24(17)33)16-6-7-18(26)19(27)11-16/h2-11H,12H2,1H3,(H,30,32,34)/b17-8+. The highest BCUT2D eigenvalue weighted by molar-refractivity contribution is 6.43. The van der Waals surface area contributed by atoms with Gasteiger partial charge in [0.15, 0.2) is 5.75 Å². The van der Waals surface area contributed by atoms with Gasteiger partial charge in [0.2, 0.25) is 0 Å². The number of nitrogens with one attached hydrogen (secondary N) is 1. The van der Waals surface area contributed by atoms with Gasteiger partial charge < -0.3 is 4.74 Å². The van der Waals surface area contributed by atoms with Crippen LogP contribution in [0.1, 0.15) is 16.7 Å². The Labute approximate surface area is 221 Å². The van der Waals surface area contributed by atoms with E-state index in [1.165, 1.54) is 36.4 Å². The van der Waals surface area contributed by atoms with Gasteiger partial charge in [0.05, 0.1) is 25.8 Å². The van der Waals surface area contributed by atoms with Gasteiger partial charge in [-0.25, -0.2) is 9.69 Å². The van der Waals surface area contributed by atoms with Gasteiger partial charge in [-0.3, -0.25) is 14.9 Å². The molecule has 35 heavy (non-hydrogen) atoms. The van der Waals surface area contributed by atoms with Gasteiger partial charge in [0, 0.05) is 0 Å². The van der Waals surface area contributed by atoms with Crippen molar-refractivity contribution in [2.24, 2.45) is 0 Å². The molecule has 0 saturated carbocycles. The molecule has 0 spiro atoms. The maximum absolute atomic E-state index is 13.1. The lowest BCUT2D eigenvalue weighted by molar-refractivity contribution is -0.122. The SMILES string of the molecule is Cc1ccc(COc2c(Cl)cc(/C=C3\C(=O)NC(=O)N(c4ccc(Cl)c(Cl)c4)C3=O)cc2Cl)cc1. The summed E-state index contributed by atoms with van der Waals surface area (Å²) < 4.78 is 5.78. The van der Waals surface area contributed by atoms with Crippen molar-refractivity contribution >= 4 is 76.0 Å². The number of rotatable bonds is 5. The zero-order chi connectivity index (χ0) is 25.3. The molecule has 0 radical (unpaired) electrons. The summed E-state index contributed by atoms with van der Waals surface area (Å²) in [6.07, 6.45) is 1.29. The lowest BCUT2D eigenvalue weighted by Gasteiger charge is -2.26. The van der Waals surface area contributed by atoms with Crippen LogP contribution < -0.4 is 15.0 Å². The van der Waals surface area contributed by atoms with Gasteiger partial charge >= 0.3 is 6.03 Å². The van der Waals surface area contributed by atoms with Crippen molar-refractivity contribution in [1.29, 1.82) is 0 Å². The first kappa shape index (κ1) is 25.1. The van der Waals surface area contributed by atoms with Crippen molar-refractivity contribution in [3.05, 3.63) is 97.0 Å². The summed E-state index contributed by atoms with van der Waals surface area (Å²) in [5, 5.41) is 2.92. The van der Waals surface area contributed by atoms with Crippen LogP contribution in [0.2, 0.25) is 20.1 Å². The number of hydrogen-bond donors (Lipinski definition) is 1. The molecule has 0 unspecified atom stereocenters. The number of barbiturate groups is 1. The maximum Gasteiger partial charge on any atom is 0.335 e. The van der Waals surface area contributed by atoms with E-state index in [0.29, 0.717) is 5.56 Å². The number of hydrogen-bond acceptors (Lipinski definition) is 4. The van der Waals surface area contributed by atoms with Gasteiger partial charge in [-0.05, 0) is 54.5 Å². The Kier molecular flexibility index (Phi) is 7.38. The summed E-state index contributed by atoms with van der Waals surface area (Å²) in [4.78, 5) is 38.7. The number of urea groups is 1. The number of benzene rings is 3. The fraction of sp³-hybridized carbons (Fsp3) is 0.0800. The second kappa shape index (κ2) is 10.3. The summed E-state index contributed by atoms with van der Waals surface area (Å²) in [6, 6.07) is 14.1. The van der Waals surface area contributed by atoms with Gasteiger partial charge in [-0.1, -0.05) is 76.2 Å². The third-order valence-electron chi connectivity index (χ3n) is 5.10. The van der Waals surface area contributed by atoms with Crippen LogP contribution in [-0.4, -0.2) is 17.8 Å². The molecular weight excluding hydrogens is 534 g/mol. The summed E-state index contributed by atoms with van der Waals surface area (Å²) in [7, 11) is 0. The molecule has 6 nitrogen and oxygen atoms in total. The highest BCUT2D eigenvalue weighted by Crippen LogP contribution is 2.36. The van der Waals surface area contributed by atoms with Crippen molar-refractivity contribution in [2.45, 2.75) is 13.5 Å². The zero-order valence-electron chi connectivity index (χ0n) is 18.1. The highest BCUT2D eigenvalue weighted by atomic mass is 35.5. The zero-order valence-corrected chi connectivity index (χ0v) is 21.1. The number of aryl methyl sites for hydroxylation is 1. The molecule has 1 saturated heterocycles. The number of amides is 4. The highest BCUT2D eigenvalue weighted by Gasteiger charge is 2.37. The van der Waals surface area contributed by atoms with Crippen molar-refractivity contribution < 1.29 is 19.1 Å². The van der Waals surface area contributed by atoms with Gasteiger partial charge in [-0.15, -0.1) is 0 Å². The van der Waals surface area contributed by atoms with Crippen LogP contribution in [0.4, 0.5) is 10.5 Å². The van der Waals surface area contributed by atoms with Crippen molar-refractivity contribution in [3.63, 3.8) is 0 Å². The summed E-state index contributed by atoms with van der Waals surface area (Å²) in [6.45, 7) is 2.24. The Hall–Kier alpha value is -3.03. The first-order valence-electron chi connectivity index (χ1n) is 10.2. The van der Waals surface area contributed by atoms with Crippen molar-refractivity contribution in [1.82, 2.24) is 5.32 Å². The van der Waals surface area contributed by atoms with E-state index in [1.54, 1.807) is 0 Å². The van der Waals surface area contributed by atoms with Crippen LogP contribution in [0.15, 0.2) is 60.2 Å². The Morgan fingerprint density at radius 3 is 2.14 bits per heavy atom. The Bertz CT molecular complexity index is 1360. The summed E-state index contributed by atoms with van der Waals surface area (Å²) in [5.74, 6) is -1.43. The van der Waals surface area contributed by atoms with E-state index in [-0.39, 0.29) is 43.7 Å². The lowest BCUT2D eigenvalue weighted by Crippen LogP contribution is -2.54. The molecule has 0 atom stereocenters. The molecule has 0 bridgehead atoms. The largest absolute Gasteiger partial charge is 0.486 e. The van der Waals surface area contributed by atoms with E-state index in [4.69, 9.17) is 51.1 Å². The van der Waals surface area contributed by atoms with Crippen LogP contribution >= 0.6 is 46.4 Å². The van der Waals surface area contributed by atoms with E-state index in [2.05, 4.69) is 5.32 Å². The first-order valence-corrected chi connectivity index (χ1v) is 11.7. The molecule has 1 fully saturated rings. The van der Waals surface area contributed by atoms with Crippen LogP contribution in [0.5, 0.6) is 5.75 Å². The minimum atomic E-state index is -0.911. The van der Waals surface area contributed by atoms with E-state index >= 15 is 0 Å². The molecule has 1 aliphatic rings. The van der Waals surface area contributed by atoms with Crippen LogP contribution in [-0.2, 0) is 16.2 Å². The van der Waals surface area contributed by atoms with Crippen LogP contribution in [0, 0.1) is 6.92 Å². The smallest absolute Gasteiger partial charge is 0.335 e. The molecule has 3 aromatic carbocycles. The summed E-state index contributed by atoms with van der Waals surface area (Å²) in [5.41, 5.74) is 2.28. The molecule has 4 amide bonds.